The van der Waals surface area contributed by atoms with Gasteiger partial charge in [0.2, 0.25) is 5.91 Å². The third-order valence-corrected chi connectivity index (χ3v) is 11.0. The molecule has 0 saturated heterocycles. The molecule has 6 heteroatoms. The first-order chi connectivity index (χ1) is 16.4. The van der Waals surface area contributed by atoms with Gasteiger partial charge in [-0.3, -0.25) is 4.79 Å². The molecule has 0 aliphatic carbocycles. The second-order valence-electron chi connectivity index (χ2n) is 11.1. The van der Waals surface area contributed by atoms with E-state index in [4.69, 9.17) is 16.3 Å². The van der Waals surface area contributed by atoms with Crippen LogP contribution in [0.3, 0.4) is 0 Å². The number of rotatable bonds is 12. The highest BCUT2D eigenvalue weighted by molar-refractivity contribution is 6.60. The van der Waals surface area contributed by atoms with Crippen LogP contribution in [-0.2, 0) is 28.8 Å². The fraction of sp³-hybridized carbons (Fsp3) is 0.552. The van der Waals surface area contributed by atoms with Crippen molar-refractivity contribution in [2.75, 3.05) is 19.4 Å². The molecule has 2 N–H and O–H groups in total. The number of aliphatic hydroxyl groups is 1. The maximum absolute atomic E-state index is 13.1. The number of aryl methyl sites for hydroxylation is 1. The topological polar surface area (TPSA) is 58.6 Å². The maximum Gasteiger partial charge on any atom is 0.224 e. The van der Waals surface area contributed by atoms with Gasteiger partial charge >= 0.3 is 0 Å². The number of aliphatic hydroxyl groups excluding tert-OH is 1. The Labute approximate surface area is 219 Å². The van der Waals surface area contributed by atoms with Crippen molar-refractivity contribution in [1.82, 2.24) is 5.32 Å². The Morgan fingerprint density at radius 1 is 1.14 bits per heavy atom. The van der Waals surface area contributed by atoms with E-state index in [0.29, 0.717) is 35.4 Å². The van der Waals surface area contributed by atoms with Crippen molar-refractivity contribution >= 4 is 26.3 Å². The molecule has 0 spiro atoms. The molecule has 0 radical (unpaired) electrons. The van der Waals surface area contributed by atoms with Gasteiger partial charge in [-0.2, -0.15) is 0 Å². The first kappa shape index (κ1) is 29.6. The Kier molecular flexibility index (Phi) is 11.5. The highest BCUT2D eigenvalue weighted by Gasteiger charge is 2.24. The summed E-state index contributed by atoms with van der Waals surface area (Å²) in [5.74, 6) is 0.293. The van der Waals surface area contributed by atoms with Gasteiger partial charge in [-0.15, -0.1) is 0 Å². The summed E-state index contributed by atoms with van der Waals surface area (Å²) in [4.78, 5) is 13.1. The van der Waals surface area contributed by atoms with Crippen LogP contribution in [-0.4, -0.2) is 45.3 Å². The minimum atomic E-state index is -1.07. The van der Waals surface area contributed by atoms with Crippen LogP contribution < -0.4 is 5.32 Å². The van der Waals surface area contributed by atoms with Crippen LogP contribution in [0.25, 0.3) is 0 Å². The highest BCUT2D eigenvalue weighted by atomic mass is 35.5. The van der Waals surface area contributed by atoms with Gasteiger partial charge in [0.05, 0.1) is 27.9 Å². The molecule has 0 aliphatic rings. The lowest BCUT2D eigenvalue weighted by atomic mass is 9.88. The molecule has 2 aromatic rings. The lowest BCUT2D eigenvalue weighted by Crippen LogP contribution is -2.42. The average molecular weight is 518 g/mol. The normalized spacial score (nSPS) is 13.7. The van der Waals surface area contributed by atoms with E-state index in [1.807, 2.05) is 25.1 Å². The molecule has 194 valence electrons. The van der Waals surface area contributed by atoms with Crippen LogP contribution in [0.2, 0.25) is 16.6 Å². The van der Waals surface area contributed by atoms with Crippen LogP contribution in [0.1, 0.15) is 68.4 Å². The number of ether oxygens (including phenoxy) is 1. The fourth-order valence-corrected chi connectivity index (χ4v) is 5.44. The predicted molar refractivity (Wildman–Crippen MR) is 150 cm³/mol. The molecule has 2 atom stereocenters. The van der Waals surface area contributed by atoms with Crippen LogP contribution in [0, 0.1) is 6.92 Å². The molecule has 0 aliphatic heterocycles. The van der Waals surface area contributed by atoms with Crippen molar-refractivity contribution in [3.8, 4) is 0 Å². The number of carbonyl (C=O) groups is 1. The van der Waals surface area contributed by atoms with Gasteiger partial charge in [0.15, 0.2) is 0 Å². The molecular weight excluding hydrogens is 474 g/mol. The zero-order chi connectivity index (χ0) is 26.2. The molecular formula is C29H44ClNO3Si. The van der Waals surface area contributed by atoms with Gasteiger partial charge in [-0.05, 0) is 64.6 Å². The Morgan fingerprint density at radius 3 is 2.43 bits per heavy atom. The smallest absolute Gasteiger partial charge is 0.224 e. The van der Waals surface area contributed by atoms with Gasteiger partial charge in [-0.25, -0.2) is 0 Å². The van der Waals surface area contributed by atoms with E-state index in [-0.39, 0.29) is 25.0 Å². The van der Waals surface area contributed by atoms with E-state index in [2.05, 4.69) is 64.7 Å². The van der Waals surface area contributed by atoms with Crippen molar-refractivity contribution in [1.29, 1.82) is 0 Å². The van der Waals surface area contributed by atoms with Crippen LogP contribution in [0.15, 0.2) is 36.4 Å². The molecule has 0 aromatic heterocycles. The first-order valence-corrected chi connectivity index (χ1v) is 15.7. The molecule has 1 amide bonds. The number of hydrogen-bond acceptors (Lipinski definition) is 3. The lowest BCUT2D eigenvalue weighted by molar-refractivity contribution is -0.121. The minimum absolute atomic E-state index is 0.0540. The molecule has 2 unspecified atom stereocenters. The molecule has 0 saturated carbocycles. The molecule has 0 bridgehead atoms. The Morgan fingerprint density at radius 2 is 1.83 bits per heavy atom. The molecule has 0 heterocycles. The Balaban J connectivity index is 2.26. The number of nitrogens with one attached hydrogen (secondary N) is 1. The number of carbonyl (C=O) groups excluding carboxylic acids is 1. The zero-order valence-electron chi connectivity index (χ0n) is 22.6. The molecule has 4 nitrogen and oxygen atoms in total. The Bertz CT molecular complexity index is 951. The van der Waals surface area contributed by atoms with E-state index in [0.717, 1.165) is 22.9 Å². The largest absolute Gasteiger partial charge is 0.396 e. The maximum atomic E-state index is 13.1. The van der Waals surface area contributed by atoms with E-state index < -0.39 is 8.80 Å². The summed E-state index contributed by atoms with van der Waals surface area (Å²) in [6.45, 7) is 16.1. The van der Waals surface area contributed by atoms with Crippen LogP contribution in [0.4, 0.5) is 0 Å². The standard InChI is InChI=1S/C29H44ClNO3Si/c1-20(2)24-12-9-11-22(14-15-32)26(24)16-23(18-34-19-35(7)29(4,5)6)31-28(33)17-25-21(3)10-8-13-27(25)30/h8-13,20,23,32,35H,14-19H2,1-7H3,(H,31,33). The van der Waals surface area contributed by atoms with Crippen LogP contribution in [0.5, 0.6) is 0 Å². The van der Waals surface area contributed by atoms with Crippen molar-refractivity contribution in [2.45, 2.75) is 84.3 Å². The van der Waals surface area contributed by atoms with Gasteiger partial charge in [-0.1, -0.05) is 83.1 Å². The minimum Gasteiger partial charge on any atom is -0.396 e. The van der Waals surface area contributed by atoms with Crippen molar-refractivity contribution in [3.05, 3.63) is 69.2 Å². The van der Waals surface area contributed by atoms with Gasteiger partial charge in [0, 0.05) is 17.9 Å². The SMILES string of the molecule is Cc1cccc(Cl)c1CC(=O)NC(COC[SiH](C)C(C)(C)C)Cc1c(CCO)cccc1C(C)C. The summed E-state index contributed by atoms with van der Waals surface area (Å²) in [5.41, 5.74) is 5.48. The number of benzene rings is 2. The van der Waals surface area contributed by atoms with Crippen molar-refractivity contribution in [3.63, 3.8) is 0 Å². The molecule has 0 fully saturated rings. The van der Waals surface area contributed by atoms with Crippen LogP contribution >= 0.6 is 11.6 Å². The Hall–Kier alpha value is -1.66. The van der Waals surface area contributed by atoms with Gasteiger partial charge in [0.1, 0.15) is 0 Å². The van der Waals surface area contributed by atoms with Crippen molar-refractivity contribution < 1.29 is 14.6 Å². The quantitative estimate of drug-likeness (QED) is 0.350. The number of amides is 1. The fourth-order valence-electron chi connectivity index (χ4n) is 4.16. The number of halogens is 1. The summed E-state index contributed by atoms with van der Waals surface area (Å²) in [6, 6.07) is 11.8. The summed E-state index contributed by atoms with van der Waals surface area (Å²) in [6.07, 6.45) is 2.28. The van der Waals surface area contributed by atoms with E-state index >= 15 is 0 Å². The molecule has 2 aromatic carbocycles. The second-order valence-corrected chi connectivity index (χ2v) is 15.4. The summed E-state index contributed by atoms with van der Waals surface area (Å²) in [5, 5.41) is 13.8. The van der Waals surface area contributed by atoms with E-state index in [1.54, 1.807) is 0 Å². The molecule has 35 heavy (non-hydrogen) atoms. The lowest BCUT2D eigenvalue weighted by Gasteiger charge is -2.28. The number of hydrogen-bond donors (Lipinski definition) is 2. The molecule has 2 rings (SSSR count). The summed E-state index contributed by atoms with van der Waals surface area (Å²) >= 11 is 6.39. The highest BCUT2D eigenvalue weighted by Crippen LogP contribution is 2.27. The van der Waals surface area contributed by atoms with E-state index in [9.17, 15) is 9.90 Å². The monoisotopic (exact) mass is 517 g/mol. The second kappa shape index (κ2) is 13.6. The van der Waals surface area contributed by atoms with Crippen molar-refractivity contribution in [2.24, 2.45) is 0 Å². The third kappa shape index (κ3) is 9.05. The predicted octanol–water partition coefficient (Wildman–Crippen LogP) is 5.79. The first-order valence-electron chi connectivity index (χ1n) is 12.8. The van der Waals surface area contributed by atoms with Gasteiger partial charge < -0.3 is 15.2 Å². The van der Waals surface area contributed by atoms with Gasteiger partial charge in [0.25, 0.3) is 0 Å². The average Bonchev–Trinajstić information content (AvgIpc) is 2.76. The third-order valence-electron chi connectivity index (χ3n) is 6.98. The summed E-state index contributed by atoms with van der Waals surface area (Å²) < 4.78 is 6.23. The summed E-state index contributed by atoms with van der Waals surface area (Å²) in [7, 11) is -1.07. The van der Waals surface area contributed by atoms with E-state index in [1.165, 1.54) is 11.1 Å². The zero-order valence-corrected chi connectivity index (χ0v) is 24.5.